The van der Waals surface area contributed by atoms with Crippen molar-refractivity contribution in [1.82, 2.24) is 10.1 Å². The molecule has 1 aromatic heterocycles. The van der Waals surface area contributed by atoms with Crippen LogP contribution in [0.1, 0.15) is 17.3 Å². The summed E-state index contributed by atoms with van der Waals surface area (Å²) in [7, 11) is 0. The highest BCUT2D eigenvalue weighted by Gasteiger charge is 2.04. The van der Waals surface area contributed by atoms with Gasteiger partial charge in [0.2, 0.25) is 0 Å². The molecule has 0 saturated heterocycles. The van der Waals surface area contributed by atoms with Gasteiger partial charge in [0.15, 0.2) is 12.4 Å². The van der Waals surface area contributed by atoms with E-state index in [-0.39, 0.29) is 6.61 Å². The number of benzene rings is 2. The lowest BCUT2D eigenvalue weighted by atomic mass is 10.2. The van der Waals surface area contributed by atoms with Gasteiger partial charge in [0, 0.05) is 5.02 Å². The first-order valence-electron chi connectivity index (χ1n) is 7.08. The highest BCUT2D eigenvalue weighted by atomic mass is 35.5. The molecule has 118 valence electrons. The van der Waals surface area contributed by atoms with E-state index in [1.54, 1.807) is 6.92 Å². The van der Waals surface area contributed by atoms with Crippen molar-refractivity contribution >= 4 is 11.6 Å². The van der Waals surface area contributed by atoms with Gasteiger partial charge in [0.05, 0.1) is 0 Å². The number of aryl methyl sites for hydroxylation is 1. The van der Waals surface area contributed by atoms with Crippen LogP contribution in [-0.4, -0.2) is 10.1 Å². The summed E-state index contributed by atoms with van der Waals surface area (Å²) in [6.07, 6.45) is 0. The summed E-state index contributed by atoms with van der Waals surface area (Å²) in [4.78, 5) is 4.08. The Morgan fingerprint density at radius 1 is 1.00 bits per heavy atom. The SMILES string of the molecule is Cc1noc(COc2ccc(OCc3cccc(Cl)c3)cc2)n1. The summed E-state index contributed by atoms with van der Waals surface area (Å²) in [5.41, 5.74) is 1.02. The molecule has 1 heterocycles. The monoisotopic (exact) mass is 330 g/mol. The molecule has 0 saturated carbocycles. The first kappa shape index (κ1) is 15.4. The van der Waals surface area contributed by atoms with Gasteiger partial charge in [0.1, 0.15) is 18.1 Å². The fraction of sp³-hybridized carbons (Fsp3) is 0.176. The minimum Gasteiger partial charge on any atom is -0.489 e. The molecule has 5 nitrogen and oxygen atoms in total. The fourth-order valence-electron chi connectivity index (χ4n) is 1.97. The van der Waals surface area contributed by atoms with Crippen LogP contribution in [0.5, 0.6) is 11.5 Å². The number of ether oxygens (including phenoxy) is 2. The smallest absolute Gasteiger partial charge is 0.264 e. The average Bonchev–Trinajstić information content (AvgIpc) is 2.98. The molecule has 0 spiro atoms. The van der Waals surface area contributed by atoms with Crippen molar-refractivity contribution in [3.8, 4) is 11.5 Å². The third-order valence-electron chi connectivity index (χ3n) is 3.05. The van der Waals surface area contributed by atoms with Crippen LogP contribution in [0.3, 0.4) is 0 Å². The molecule has 0 bridgehead atoms. The Bertz CT molecular complexity index is 772. The number of hydrogen-bond acceptors (Lipinski definition) is 5. The van der Waals surface area contributed by atoms with Crippen molar-refractivity contribution < 1.29 is 14.0 Å². The molecule has 3 rings (SSSR count). The molecule has 0 radical (unpaired) electrons. The van der Waals surface area contributed by atoms with Crippen molar-refractivity contribution in [2.75, 3.05) is 0 Å². The first-order valence-corrected chi connectivity index (χ1v) is 7.46. The molecular weight excluding hydrogens is 316 g/mol. The van der Waals surface area contributed by atoms with Crippen LogP contribution in [-0.2, 0) is 13.2 Å². The number of rotatable bonds is 6. The van der Waals surface area contributed by atoms with Crippen molar-refractivity contribution in [1.29, 1.82) is 0 Å². The maximum Gasteiger partial charge on any atom is 0.264 e. The summed E-state index contributed by atoms with van der Waals surface area (Å²) in [5, 5.41) is 4.41. The van der Waals surface area contributed by atoms with E-state index in [4.69, 9.17) is 25.6 Å². The van der Waals surface area contributed by atoms with Crippen LogP contribution in [0.15, 0.2) is 53.1 Å². The third kappa shape index (κ3) is 4.47. The lowest BCUT2D eigenvalue weighted by Crippen LogP contribution is -1.97. The Hall–Kier alpha value is -2.53. The normalized spacial score (nSPS) is 10.5. The Kier molecular flexibility index (Phi) is 4.78. The standard InChI is InChI=1S/C17H15ClN2O3/c1-12-19-17(23-20-12)11-22-16-7-5-15(6-8-16)21-10-13-3-2-4-14(18)9-13/h2-9H,10-11H2,1H3. The van der Waals surface area contributed by atoms with E-state index in [1.165, 1.54) is 0 Å². The molecular formula is C17H15ClN2O3. The molecule has 23 heavy (non-hydrogen) atoms. The molecule has 0 N–H and O–H groups in total. The Morgan fingerprint density at radius 3 is 2.30 bits per heavy atom. The van der Waals surface area contributed by atoms with Gasteiger partial charge < -0.3 is 14.0 Å². The molecule has 0 unspecified atom stereocenters. The van der Waals surface area contributed by atoms with Crippen molar-refractivity contribution in [2.45, 2.75) is 20.1 Å². The van der Waals surface area contributed by atoms with E-state index < -0.39 is 0 Å². The number of aromatic nitrogens is 2. The number of halogens is 1. The molecule has 6 heteroatoms. The zero-order chi connectivity index (χ0) is 16.1. The van der Waals surface area contributed by atoms with Crippen LogP contribution in [0.25, 0.3) is 0 Å². The highest BCUT2D eigenvalue weighted by Crippen LogP contribution is 2.20. The summed E-state index contributed by atoms with van der Waals surface area (Å²) < 4.78 is 16.3. The van der Waals surface area contributed by atoms with E-state index >= 15 is 0 Å². The Labute approximate surface area is 138 Å². The van der Waals surface area contributed by atoms with Crippen LogP contribution < -0.4 is 9.47 Å². The van der Waals surface area contributed by atoms with Crippen LogP contribution in [0.2, 0.25) is 5.02 Å². The predicted molar refractivity (Wildman–Crippen MR) is 85.6 cm³/mol. The van der Waals surface area contributed by atoms with Gasteiger partial charge in [-0.2, -0.15) is 4.98 Å². The first-order chi connectivity index (χ1) is 11.2. The van der Waals surface area contributed by atoms with Crippen molar-refractivity contribution in [2.24, 2.45) is 0 Å². The quantitative estimate of drug-likeness (QED) is 0.678. The van der Waals surface area contributed by atoms with Gasteiger partial charge in [-0.15, -0.1) is 0 Å². The molecule has 0 atom stereocenters. The number of nitrogens with zero attached hydrogens (tertiary/aromatic N) is 2. The number of hydrogen-bond donors (Lipinski definition) is 0. The van der Waals surface area contributed by atoms with E-state index in [0.717, 1.165) is 11.3 Å². The van der Waals surface area contributed by atoms with Gasteiger partial charge in [-0.05, 0) is 48.9 Å². The third-order valence-corrected chi connectivity index (χ3v) is 3.29. The van der Waals surface area contributed by atoms with E-state index in [1.807, 2.05) is 48.5 Å². The molecule has 3 aromatic rings. The lowest BCUT2D eigenvalue weighted by molar-refractivity contribution is 0.242. The second-order valence-electron chi connectivity index (χ2n) is 4.91. The van der Waals surface area contributed by atoms with Gasteiger partial charge in [-0.25, -0.2) is 0 Å². The lowest BCUT2D eigenvalue weighted by Gasteiger charge is -2.08. The zero-order valence-electron chi connectivity index (χ0n) is 12.5. The van der Waals surface area contributed by atoms with Crippen molar-refractivity contribution in [3.63, 3.8) is 0 Å². The van der Waals surface area contributed by atoms with Crippen LogP contribution in [0, 0.1) is 6.92 Å². The second kappa shape index (κ2) is 7.15. The Balaban J connectivity index is 1.52. The summed E-state index contributed by atoms with van der Waals surface area (Å²) >= 11 is 5.94. The molecule has 0 aliphatic carbocycles. The largest absolute Gasteiger partial charge is 0.489 e. The molecule has 0 fully saturated rings. The summed E-state index contributed by atoms with van der Waals surface area (Å²) in [5.74, 6) is 2.50. The Morgan fingerprint density at radius 2 is 1.70 bits per heavy atom. The second-order valence-corrected chi connectivity index (χ2v) is 5.35. The highest BCUT2D eigenvalue weighted by molar-refractivity contribution is 6.30. The van der Waals surface area contributed by atoms with E-state index in [2.05, 4.69) is 10.1 Å². The van der Waals surface area contributed by atoms with Crippen molar-refractivity contribution in [3.05, 3.63) is 70.8 Å². The molecule has 0 amide bonds. The maximum atomic E-state index is 5.94. The zero-order valence-corrected chi connectivity index (χ0v) is 13.3. The van der Waals surface area contributed by atoms with Gasteiger partial charge in [0.25, 0.3) is 5.89 Å². The fourth-order valence-corrected chi connectivity index (χ4v) is 2.18. The van der Waals surface area contributed by atoms with Crippen LogP contribution >= 0.6 is 11.6 Å². The van der Waals surface area contributed by atoms with Gasteiger partial charge >= 0.3 is 0 Å². The minimum atomic E-state index is 0.240. The topological polar surface area (TPSA) is 57.4 Å². The summed E-state index contributed by atoms with van der Waals surface area (Å²) in [6, 6.07) is 14.9. The van der Waals surface area contributed by atoms with E-state index in [0.29, 0.717) is 29.1 Å². The molecule has 2 aromatic carbocycles. The maximum absolute atomic E-state index is 5.94. The minimum absolute atomic E-state index is 0.240. The molecule has 0 aliphatic rings. The van der Waals surface area contributed by atoms with Gasteiger partial charge in [-0.3, -0.25) is 0 Å². The van der Waals surface area contributed by atoms with E-state index in [9.17, 15) is 0 Å². The average molecular weight is 331 g/mol. The van der Waals surface area contributed by atoms with Gasteiger partial charge in [-0.1, -0.05) is 28.9 Å². The van der Waals surface area contributed by atoms with Crippen LogP contribution in [0.4, 0.5) is 0 Å². The molecule has 0 aliphatic heterocycles. The predicted octanol–water partition coefficient (Wildman–Crippen LogP) is 4.19. The summed E-state index contributed by atoms with van der Waals surface area (Å²) in [6.45, 7) is 2.46.